The molecular formula is C19H19N3O4S. The number of nitrogens with zero attached hydrogens (tertiary/aromatic N) is 3. The lowest BCUT2D eigenvalue weighted by Crippen LogP contribution is -2.40. The Kier molecular flexibility index (Phi) is 4.67. The van der Waals surface area contributed by atoms with Gasteiger partial charge in [-0.05, 0) is 31.2 Å². The molecule has 8 heteroatoms. The zero-order valence-electron chi connectivity index (χ0n) is 15.1. The van der Waals surface area contributed by atoms with Gasteiger partial charge in [0.2, 0.25) is 0 Å². The topological polar surface area (TPSA) is 84.8 Å². The van der Waals surface area contributed by atoms with E-state index in [0.717, 1.165) is 11.3 Å². The van der Waals surface area contributed by atoms with Gasteiger partial charge in [-0.25, -0.2) is 9.97 Å². The lowest BCUT2D eigenvalue weighted by atomic mass is 10.2. The SMILES string of the molecule is COc1ccc(-c2nc(C)c3c(O)c(C(=O)N4CCOCC4)sc3n2)cc1. The Morgan fingerprint density at radius 1 is 1.22 bits per heavy atom. The fourth-order valence-corrected chi connectivity index (χ4v) is 4.16. The molecule has 1 aliphatic rings. The normalized spacial score (nSPS) is 14.5. The van der Waals surface area contributed by atoms with Gasteiger partial charge in [-0.1, -0.05) is 0 Å². The zero-order valence-corrected chi connectivity index (χ0v) is 15.9. The second kappa shape index (κ2) is 7.13. The largest absolute Gasteiger partial charge is 0.505 e. The predicted octanol–water partition coefficient (Wildman–Crippen LogP) is 2.85. The molecule has 140 valence electrons. The summed E-state index contributed by atoms with van der Waals surface area (Å²) < 4.78 is 10.5. The Balaban J connectivity index is 1.75. The fourth-order valence-electron chi connectivity index (χ4n) is 3.08. The lowest BCUT2D eigenvalue weighted by molar-refractivity contribution is 0.0304. The fraction of sp³-hybridized carbons (Fsp3) is 0.316. The summed E-state index contributed by atoms with van der Waals surface area (Å²) in [5.41, 5.74) is 1.48. The van der Waals surface area contributed by atoms with Crippen LogP contribution in [0.1, 0.15) is 15.4 Å². The van der Waals surface area contributed by atoms with Crippen LogP contribution in [0.4, 0.5) is 0 Å². The number of thiophene rings is 1. The van der Waals surface area contributed by atoms with Gasteiger partial charge in [0, 0.05) is 18.7 Å². The number of aryl methyl sites for hydroxylation is 1. The molecule has 1 aromatic carbocycles. The molecule has 4 rings (SSSR count). The first-order valence-electron chi connectivity index (χ1n) is 8.60. The van der Waals surface area contributed by atoms with E-state index >= 15 is 0 Å². The zero-order chi connectivity index (χ0) is 19.0. The van der Waals surface area contributed by atoms with Crippen LogP contribution in [-0.2, 0) is 4.74 Å². The Labute approximate surface area is 160 Å². The molecule has 7 nitrogen and oxygen atoms in total. The number of methoxy groups -OCH3 is 1. The molecule has 1 saturated heterocycles. The smallest absolute Gasteiger partial charge is 0.268 e. The standard InChI is InChI=1S/C19H19N3O4S/c1-11-14-15(23)16(19(24)22-7-9-26-10-8-22)27-18(14)21-17(20-11)12-3-5-13(25-2)6-4-12/h3-6,23H,7-10H2,1-2H3. The van der Waals surface area contributed by atoms with Crippen molar-refractivity contribution >= 4 is 27.5 Å². The minimum absolute atomic E-state index is 0.0368. The van der Waals surface area contributed by atoms with E-state index < -0.39 is 0 Å². The summed E-state index contributed by atoms with van der Waals surface area (Å²) in [6, 6.07) is 7.45. The van der Waals surface area contributed by atoms with Gasteiger partial charge in [0.1, 0.15) is 15.5 Å². The van der Waals surface area contributed by atoms with Gasteiger partial charge in [0.15, 0.2) is 11.6 Å². The van der Waals surface area contributed by atoms with Crippen LogP contribution >= 0.6 is 11.3 Å². The summed E-state index contributed by atoms with van der Waals surface area (Å²) in [6.07, 6.45) is 0. The van der Waals surface area contributed by atoms with Crippen LogP contribution in [0.5, 0.6) is 11.5 Å². The maximum absolute atomic E-state index is 12.8. The van der Waals surface area contributed by atoms with Crippen molar-refractivity contribution in [3.05, 3.63) is 34.8 Å². The first-order chi connectivity index (χ1) is 13.1. The second-order valence-corrected chi connectivity index (χ2v) is 7.22. The molecule has 27 heavy (non-hydrogen) atoms. The van der Waals surface area contributed by atoms with Crippen molar-refractivity contribution in [2.75, 3.05) is 33.4 Å². The number of aromatic nitrogens is 2. The number of ether oxygens (including phenoxy) is 2. The van der Waals surface area contributed by atoms with Gasteiger partial charge in [0.05, 0.1) is 31.4 Å². The van der Waals surface area contributed by atoms with Crippen molar-refractivity contribution in [1.29, 1.82) is 0 Å². The molecule has 1 N–H and O–H groups in total. The van der Waals surface area contributed by atoms with E-state index in [0.29, 0.717) is 52.9 Å². The van der Waals surface area contributed by atoms with Gasteiger partial charge in [0.25, 0.3) is 5.91 Å². The number of morpholine rings is 1. The number of fused-ring (bicyclic) bond motifs is 1. The quantitative estimate of drug-likeness (QED) is 0.746. The minimum atomic E-state index is -0.191. The Hall–Kier alpha value is -2.71. The highest BCUT2D eigenvalue weighted by atomic mass is 32.1. The summed E-state index contributed by atoms with van der Waals surface area (Å²) >= 11 is 1.20. The van der Waals surface area contributed by atoms with E-state index in [1.807, 2.05) is 31.2 Å². The molecule has 0 radical (unpaired) electrons. The van der Waals surface area contributed by atoms with Gasteiger partial charge in [-0.3, -0.25) is 4.79 Å². The monoisotopic (exact) mass is 385 g/mol. The summed E-state index contributed by atoms with van der Waals surface area (Å²) in [7, 11) is 1.61. The first-order valence-corrected chi connectivity index (χ1v) is 9.41. The van der Waals surface area contributed by atoms with Gasteiger partial charge in [-0.15, -0.1) is 11.3 Å². The number of benzene rings is 1. The molecule has 2 aromatic heterocycles. The van der Waals surface area contributed by atoms with Crippen molar-refractivity contribution in [1.82, 2.24) is 14.9 Å². The molecule has 0 spiro atoms. The lowest BCUT2D eigenvalue weighted by Gasteiger charge is -2.26. The van der Waals surface area contributed by atoms with Crippen LogP contribution in [0.3, 0.4) is 0 Å². The van der Waals surface area contributed by atoms with Crippen LogP contribution in [0.2, 0.25) is 0 Å². The van der Waals surface area contributed by atoms with Gasteiger partial charge in [-0.2, -0.15) is 0 Å². The van der Waals surface area contributed by atoms with Crippen LogP contribution < -0.4 is 4.74 Å². The average molecular weight is 385 g/mol. The Morgan fingerprint density at radius 3 is 2.59 bits per heavy atom. The van der Waals surface area contributed by atoms with Gasteiger partial charge >= 0.3 is 0 Å². The summed E-state index contributed by atoms with van der Waals surface area (Å²) in [4.78, 5) is 24.5. The van der Waals surface area contributed by atoms with Crippen molar-refractivity contribution in [2.24, 2.45) is 0 Å². The molecule has 1 amide bonds. The molecule has 3 heterocycles. The molecule has 0 atom stereocenters. The molecule has 0 bridgehead atoms. The molecule has 0 unspecified atom stereocenters. The second-order valence-electron chi connectivity index (χ2n) is 6.23. The molecule has 0 saturated carbocycles. The highest BCUT2D eigenvalue weighted by Crippen LogP contribution is 2.39. The average Bonchev–Trinajstić information content (AvgIpc) is 3.05. The third-order valence-electron chi connectivity index (χ3n) is 4.55. The van der Waals surface area contributed by atoms with Gasteiger partial charge < -0.3 is 19.5 Å². The predicted molar refractivity (Wildman–Crippen MR) is 103 cm³/mol. The van der Waals surface area contributed by atoms with Crippen LogP contribution in [-0.4, -0.2) is 59.3 Å². The molecular weight excluding hydrogens is 366 g/mol. The van der Waals surface area contributed by atoms with E-state index in [4.69, 9.17) is 9.47 Å². The highest BCUT2D eigenvalue weighted by molar-refractivity contribution is 7.21. The number of rotatable bonds is 3. The van der Waals surface area contributed by atoms with E-state index in [2.05, 4.69) is 9.97 Å². The van der Waals surface area contributed by atoms with E-state index in [1.165, 1.54) is 11.3 Å². The third kappa shape index (κ3) is 3.22. The van der Waals surface area contributed by atoms with Crippen molar-refractivity contribution in [2.45, 2.75) is 6.92 Å². The van der Waals surface area contributed by atoms with Crippen LogP contribution in [0.15, 0.2) is 24.3 Å². The Bertz CT molecular complexity index is 994. The van der Waals surface area contributed by atoms with Crippen molar-refractivity contribution in [3.63, 3.8) is 0 Å². The minimum Gasteiger partial charge on any atom is -0.505 e. The van der Waals surface area contributed by atoms with Crippen LogP contribution in [0.25, 0.3) is 21.6 Å². The van der Waals surface area contributed by atoms with Crippen molar-refractivity contribution in [3.8, 4) is 22.9 Å². The summed E-state index contributed by atoms with van der Waals surface area (Å²) in [6.45, 7) is 3.88. The number of carbonyl (C=O) groups is 1. The summed E-state index contributed by atoms with van der Waals surface area (Å²) in [5.74, 6) is 1.08. The van der Waals surface area contributed by atoms with E-state index in [-0.39, 0.29) is 11.7 Å². The third-order valence-corrected chi connectivity index (χ3v) is 5.61. The number of carbonyl (C=O) groups excluding carboxylic acids is 1. The maximum atomic E-state index is 12.8. The Morgan fingerprint density at radius 2 is 1.93 bits per heavy atom. The molecule has 1 fully saturated rings. The molecule has 0 aliphatic carbocycles. The number of hydrogen-bond acceptors (Lipinski definition) is 7. The van der Waals surface area contributed by atoms with E-state index in [9.17, 15) is 9.90 Å². The highest BCUT2D eigenvalue weighted by Gasteiger charge is 2.26. The van der Waals surface area contributed by atoms with Crippen LogP contribution in [0, 0.1) is 6.92 Å². The maximum Gasteiger partial charge on any atom is 0.268 e. The number of aromatic hydroxyl groups is 1. The molecule has 3 aromatic rings. The van der Waals surface area contributed by atoms with E-state index in [1.54, 1.807) is 12.0 Å². The van der Waals surface area contributed by atoms with Crippen molar-refractivity contribution < 1.29 is 19.4 Å². The number of amides is 1. The first kappa shape index (κ1) is 17.7. The summed E-state index contributed by atoms with van der Waals surface area (Å²) in [5, 5.41) is 11.2. The number of hydrogen-bond donors (Lipinski definition) is 1. The molecule has 1 aliphatic heterocycles.